The van der Waals surface area contributed by atoms with Crippen LogP contribution in [-0.2, 0) is 11.8 Å². The van der Waals surface area contributed by atoms with Crippen LogP contribution in [0.3, 0.4) is 0 Å². The lowest BCUT2D eigenvalue weighted by Gasteiger charge is -2.23. The van der Waals surface area contributed by atoms with E-state index >= 15 is 0 Å². The van der Waals surface area contributed by atoms with Gasteiger partial charge < -0.3 is 10.3 Å². The molecule has 6 nitrogen and oxygen atoms in total. The molecule has 1 atom stereocenters. The Bertz CT molecular complexity index is 679. The number of H-pyrrole nitrogens is 1. The van der Waals surface area contributed by atoms with Crippen LogP contribution in [0.2, 0.25) is 0 Å². The second-order valence-corrected chi connectivity index (χ2v) is 5.04. The predicted molar refractivity (Wildman–Crippen MR) is 69.9 cm³/mol. The summed E-state index contributed by atoms with van der Waals surface area (Å²) in [6.07, 6.45) is 1.79. The molecular formula is C11H15N5OS. The number of rotatable bonds is 1. The molecule has 96 valence electrons. The van der Waals surface area contributed by atoms with Gasteiger partial charge in [-0.05, 0) is 32.0 Å². The van der Waals surface area contributed by atoms with Crippen LogP contribution in [0, 0.1) is 11.7 Å². The van der Waals surface area contributed by atoms with Gasteiger partial charge in [-0.3, -0.25) is 14.0 Å². The van der Waals surface area contributed by atoms with Crippen molar-refractivity contribution in [3.05, 3.63) is 10.5 Å². The molecular weight excluding hydrogens is 250 g/mol. The van der Waals surface area contributed by atoms with Crippen molar-refractivity contribution in [2.75, 3.05) is 6.54 Å². The van der Waals surface area contributed by atoms with Gasteiger partial charge in [0, 0.05) is 13.6 Å². The summed E-state index contributed by atoms with van der Waals surface area (Å²) in [5.74, 6) is 0.0390. The van der Waals surface area contributed by atoms with E-state index in [1.165, 1.54) is 0 Å². The number of nitrogens with zero attached hydrogens (tertiary/aromatic N) is 3. The Labute approximate surface area is 109 Å². The number of fused-ring (bicyclic) bond motifs is 1. The average molecular weight is 265 g/mol. The predicted octanol–water partition coefficient (Wildman–Crippen LogP) is 1.19. The lowest BCUT2D eigenvalue weighted by Crippen LogP contribution is -2.38. The Morgan fingerprint density at radius 3 is 3.00 bits per heavy atom. The minimum absolute atomic E-state index is 0.0390. The average Bonchev–Trinajstić information content (AvgIpc) is 2.79. The van der Waals surface area contributed by atoms with Crippen molar-refractivity contribution < 1.29 is 4.79 Å². The molecule has 0 spiro atoms. The summed E-state index contributed by atoms with van der Waals surface area (Å²) in [6, 6.07) is -0.227. The van der Waals surface area contributed by atoms with E-state index in [0.717, 1.165) is 36.2 Å². The number of aromatic nitrogens is 4. The van der Waals surface area contributed by atoms with Crippen LogP contribution in [0.5, 0.6) is 0 Å². The maximum atomic E-state index is 12.0. The fourth-order valence-corrected chi connectivity index (χ4v) is 2.94. The number of carbonyl (C=O) groups excluding carboxylic acids is 1. The molecule has 0 aromatic carbocycles. The molecule has 3 heterocycles. The second-order valence-electron chi connectivity index (χ2n) is 4.66. The molecule has 3 rings (SSSR count). The lowest BCUT2D eigenvalue weighted by atomic mass is 10.1. The van der Waals surface area contributed by atoms with E-state index in [0.29, 0.717) is 4.77 Å². The van der Waals surface area contributed by atoms with E-state index in [1.54, 1.807) is 4.68 Å². The van der Waals surface area contributed by atoms with Crippen molar-refractivity contribution in [1.29, 1.82) is 0 Å². The van der Waals surface area contributed by atoms with E-state index in [2.05, 4.69) is 15.4 Å². The Morgan fingerprint density at radius 1 is 1.50 bits per heavy atom. The molecule has 2 aromatic rings. The number of amides is 1. The molecule has 0 aliphatic carbocycles. The molecule has 0 saturated carbocycles. The third-order valence-corrected chi connectivity index (χ3v) is 3.74. The summed E-state index contributed by atoms with van der Waals surface area (Å²) in [6.45, 7) is 2.68. The van der Waals surface area contributed by atoms with Gasteiger partial charge in [-0.15, -0.1) is 0 Å². The first-order chi connectivity index (χ1) is 8.59. The Morgan fingerprint density at radius 2 is 2.28 bits per heavy atom. The van der Waals surface area contributed by atoms with Crippen molar-refractivity contribution in [2.45, 2.75) is 25.8 Å². The summed E-state index contributed by atoms with van der Waals surface area (Å²) in [5.41, 5.74) is 2.70. The molecule has 2 aromatic heterocycles. The normalized spacial score (nSPS) is 20.3. The number of hydrogen-bond acceptors (Lipinski definition) is 3. The first-order valence-corrected chi connectivity index (χ1v) is 6.42. The van der Waals surface area contributed by atoms with E-state index in [1.807, 2.05) is 18.5 Å². The van der Waals surface area contributed by atoms with Crippen LogP contribution in [0.25, 0.3) is 11.2 Å². The summed E-state index contributed by atoms with van der Waals surface area (Å²) in [4.78, 5) is 15.1. The van der Waals surface area contributed by atoms with Crippen molar-refractivity contribution in [3.8, 4) is 0 Å². The molecule has 0 radical (unpaired) electrons. The number of piperidine rings is 1. The Balaban J connectivity index is 2.24. The molecule has 1 amide bonds. The monoisotopic (exact) mass is 265 g/mol. The fraction of sp³-hybridized carbons (Fsp3) is 0.545. The zero-order valence-corrected chi connectivity index (χ0v) is 11.2. The zero-order chi connectivity index (χ0) is 12.9. The fourth-order valence-electron chi connectivity index (χ4n) is 2.62. The van der Waals surface area contributed by atoms with Crippen LogP contribution in [0.1, 0.15) is 24.6 Å². The summed E-state index contributed by atoms with van der Waals surface area (Å²) in [5, 5.41) is 7.25. The second kappa shape index (κ2) is 3.94. The van der Waals surface area contributed by atoms with E-state index < -0.39 is 0 Å². The van der Waals surface area contributed by atoms with E-state index in [-0.39, 0.29) is 11.9 Å². The number of aryl methyl sites for hydroxylation is 2. The van der Waals surface area contributed by atoms with Crippen LogP contribution < -0.4 is 5.32 Å². The van der Waals surface area contributed by atoms with E-state index in [4.69, 9.17) is 12.2 Å². The van der Waals surface area contributed by atoms with E-state index in [9.17, 15) is 4.79 Å². The van der Waals surface area contributed by atoms with Crippen molar-refractivity contribution in [3.63, 3.8) is 0 Å². The summed E-state index contributed by atoms with van der Waals surface area (Å²) in [7, 11) is 1.87. The molecule has 1 aliphatic rings. The molecule has 2 N–H and O–H groups in total. The van der Waals surface area contributed by atoms with Gasteiger partial charge in [-0.2, -0.15) is 5.10 Å². The first kappa shape index (κ1) is 11.5. The molecule has 1 aliphatic heterocycles. The van der Waals surface area contributed by atoms with Gasteiger partial charge in [-0.1, -0.05) is 0 Å². The van der Waals surface area contributed by atoms with Crippen LogP contribution in [-0.4, -0.2) is 31.8 Å². The van der Waals surface area contributed by atoms with Crippen LogP contribution in [0.15, 0.2) is 0 Å². The first-order valence-electron chi connectivity index (χ1n) is 6.01. The number of hydrogen-bond donors (Lipinski definition) is 2. The topological polar surface area (TPSA) is 67.6 Å². The SMILES string of the molecule is Cc1nn(C)c2c1[nH]c(=S)n2C1CCCNC1=O. The molecule has 1 unspecified atom stereocenters. The van der Waals surface area contributed by atoms with Gasteiger partial charge in [0.05, 0.1) is 5.69 Å². The van der Waals surface area contributed by atoms with Gasteiger partial charge >= 0.3 is 0 Å². The van der Waals surface area contributed by atoms with Crippen molar-refractivity contribution in [1.82, 2.24) is 24.6 Å². The minimum Gasteiger partial charge on any atom is -0.354 e. The largest absolute Gasteiger partial charge is 0.354 e. The standard InChI is InChI=1S/C11H15N5OS/c1-6-8-10(15(2)14-6)16(11(18)13-8)7-4-3-5-12-9(7)17/h7H,3-5H2,1-2H3,(H,12,17)(H,13,18). The molecule has 18 heavy (non-hydrogen) atoms. The zero-order valence-electron chi connectivity index (χ0n) is 10.4. The maximum Gasteiger partial charge on any atom is 0.243 e. The molecule has 7 heteroatoms. The molecule has 0 bridgehead atoms. The Kier molecular flexibility index (Phi) is 2.51. The van der Waals surface area contributed by atoms with Gasteiger partial charge in [0.1, 0.15) is 11.6 Å². The summed E-state index contributed by atoms with van der Waals surface area (Å²) < 4.78 is 4.25. The third-order valence-electron chi connectivity index (χ3n) is 3.44. The van der Waals surface area contributed by atoms with Gasteiger partial charge in [0.15, 0.2) is 10.4 Å². The highest BCUT2D eigenvalue weighted by atomic mass is 32.1. The van der Waals surface area contributed by atoms with Gasteiger partial charge in [0.2, 0.25) is 5.91 Å². The minimum atomic E-state index is -0.227. The van der Waals surface area contributed by atoms with Crippen molar-refractivity contribution in [2.24, 2.45) is 7.05 Å². The number of nitrogens with one attached hydrogen (secondary N) is 2. The molecule has 1 saturated heterocycles. The summed E-state index contributed by atoms with van der Waals surface area (Å²) >= 11 is 5.35. The smallest absolute Gasteiger partial charge is 0.243 e. The van der Waals surface area contributed by atoms with Crippen LogP contribution >= 0.6 is 12.2 Å². The highest BCUT2D eigenvalue weighted by Gasteiger charge is 2.27. The van der Waals surface area contributed by atoms with Crippen LogP contribution in [0.4, 0.5) is 0 Å². The van der Waals surface area contributed by atoms with Gasteiger partial charge in [-0.25, -0.2) is 0 Å². The quantitative estimate of drug-likeness (QED) is 0.761. The number of aromatic amines is 1. The highest BCUT2D eigenvalue weighted by molar-refractivity contribution is 7.71. The maximum absolute atomic E-state index is 12.0. The molecule has 1 fully saturated rings. The number of imidazole rings is 1. The van der Waals surface area contributed by atoms with Gasteiger partial charge in [0.25, 0.3) is 0 Å². The lowest BCUT2D eigenvalue weighted by molar-refractivity contribution is -0.125. The highest BCUT2D eigenvalue weighted by Crippen LogP contribution is 2.25. The number of carbonyl (C=O) groups is 1. The third kappa shape index (κ3) is 1.50. The van der Waals surface area contributed by atoms with Crippen molar-refractivity contribution >= 4 is 29.3 Å². The Hall–Kier alpha value is -1.63.